The Hall–Kier alpha value is -0.590. The Kier molecular flexibility index (Phi) is 7.45. The Bertz CT molecular complexity index is 219. The third kappa shape index (κ3) is 8.03. The molecule has 0 aromatic rings. The van der Waals surface area contributed by atoms with Crippen molar-refractivity contribution in [2.45, 2.75) is 0 Å². The van der Waals surface area contributed by atoms with Gasteiger partial charge in [-0.3, -0.25) is 4.90 Å². The van der Waals surface area contributed by atoms with E-state index >= 15 is 0 Å². The van der Waals surface area contributed by atoms with Crippen molar-refractivity contribution in [3.8, 4) is 0 Å². The van der Waals surface area contributed by atoms with Crippen molar-refractivity contribution in [1.82, 2.24) is 4.90 Å². The van der Waals surface area contributed by atoms with Gasteiger partial charge in [-0.2, -0.15) is 0 Å². The normalized spacial score (nSPS) is 9.64. The van der Waals surface area contributed by atoms with Gasteiger partial charge in [0.25, 0.3) is 0 Å². The van der Waals surface area contributed by atoms with E-state index in [1.54, 1.807) is 4.90 Å². The Morgan fingerprint density at radius 1 is 1.57 bits per heavy atom. The number of ether oxygens (including phenoxy) is 2. The summed E-state index contributed by atoms with van der Waals surface area (Å²) >= 11 is 5.54. The number of thioether (sulfide) groups is 1. The monoisotopic (exact) mass is 235 g/mol. The maximum Gasteiger partial charge on any atom is 0.376 e. The van der Waals surface area contributed by atoms with Gasteiger partial charge in [-0.05, 0) is 26.3 Å². The van der Waals surface area contributed by atoms with Crippen molar-refractivity contribution in [2.75, 3.05) is 27.4 Å². The van der Waals surface area contributed by atoms with Crippen molar-refractivity contribution in [3.05, 3.63) is 12.7 Å². The predicted molar refractivity (Wildman–Crippen MR) is 61.4 cm³/mol. The molecule has 6 heteroatoms. The average Bonchev–Trinajstić information content (AvgIpc) is 2.11. The molecule has 0 aliphatic carbocycles. The van der Waals surface area contributed by atoms with Crippen LogP contribution in [0.4, 0.5) is 4.79 Å². The lowest BCUT2D eigenvalue weighted by molar-refractivity contribution is 0.176. The first-order valence-electron chi connectivity index (χ1n) is 3.83. The van der Waals surface area contributed by atoms with E-state index in [1.165, 1.54) is 6.08 Å². The number of carbonyl (C=O) groups is 1. The molecule has 0 amide bonds. The van der Waals surface area contributed by atoms with E-state index in [9.17, 15) is 4.79 Å². The van der Waals surface area contributed by atoms with E-state index in [-0.39, 0.29) is 11.0 Å². The summed E-state index contributed by atoms with van der Waals surface area (Å²) in [6, 6.07) is 0. The smallest absolute Gasteiger partial charge is 0.376 e. The zero-order valence-electron chi connectivity index (χ0n) is 8.19. The van der Waals surface area contributed by atoms with Crippen LogP contribution in [0.25, 0.3) is 0 Å². The van der Waals surface area contributed by atoms with Crippen molar-refractivity contribution >= 4 is 33.7 Å². The number of carbonyl (C=O) groups excluding carboxylic acids is 1. The molecule has 0 spiro atoms. The molecule has 0 atom stereocenters. The summed E-state index contributed by atoms with van der Waals surface area (Å²) in [7, 11) is 3.67. The fraction of sp³-hybridized carbons (Fsp3) is 0.500. The Morgan fingerprint density at radius 3 is 2.71 bits per heavy atom. The first kappa shape index (κ1) is 13.4. The lowest BCUT2D eigenvalue weighted by atomic mass is 10.7. The summed E-state index contributed by atoms with van der Waals surface area (Å²) in [6.07, 6.45) is 1.49. The van der Waals surface area contributed by atoms with Gasteiger partial charge in [0, 0.05) is 11.8 Å². The van der Waals surface area contributed by atoms with Crippen LogP contribution < -0.4 is 0 Å². The number of hydrogen-bond acceptors (Lipinski definition) is 6. The quantitative estimate of drug-likeness (QED) is 0.320. The van der Waals surface area contributed by atoms with Crippen LogP contribution in [0.2, 0.25) is 0 Å². The summed E-state index contributed by atoms with van der Waals surface area (Å²) < 4.78 is 9.90. The molecular formula is C8H13NO3S2. The van der Waals surface area contributed by atoms with E-state index in [1.807, 2.05) is 14.1 Å². The molecule has 0 fully saturated rings. The van der Waals surface area contributed by atoms with E-state index < -0.39 is 5.30 Å². The molecule has 0 unspecified atom stereocenters. The molecule has 0 N–H and O–H groups in total. The highest BCUT2D eigenvalue weighted by atomic mass is 32.2. The van der Waals surface area contributed by atoms with Gasteiger partial charge in [-0.1, -0.05) is 12.7 Å². The summed E-state index contributed by atoms with van der Waals surface area (Å²) in [5, 5.41) is -0.478. The zero-order valence-corrected chi connectivity index (χ0v) is 9.82. The van der Waals surface area contributed by atoms with Crippen LogP contribution in [0.1, 0.15) is 0 Å². The molecule has 0 saturated heterocycles. The number of nitrogens with zero attached hydrogens (tertiary/aromatic N) is 1. The van der Waals surface area contributed by atoms with Gasteiger partial charge < -0.3 is 9.47 Å². The van der Waals surface area contributed by atoms with Gasteiger partial charge in [0.2, 0.25) is 4.38 Å². The summed E-state index contributed by atoms with van der Waals surface area (Å²) in [5.74, 6) is 0. The highest BCUT2D eigenvalue weighted by molar-refractivity contribution is 8.32. The van der Waals surface area contributed by atoms with Gasteiger partial charge in [-0.25, -0.2) is 4.79 Å². The van der Waals surface area contributed by atoms with Gasteiger partial charge in [-0.15, -0.1) is 0 Å². The predicted octanol–water partition coefficient (Wildman–Crippen LogP) is 1.86. The van der Waals surface area contributed by atoms with Crippen molar-refractivity contribution < 1.29 is 14.3 Å². The van der Waals surface area contributed by atoms with Crippen LogP contribution in [0.5, 0.6) is 0 Å². The second kappa shape index (κ2) is 7.78. The summed E-state index contributed by atoms with van der Waals surface area (Å²) in [4.78, 5) is 12.8. The van der Waals surface area contributed by atoms with Crippen LogP contribution in [-0.2, 0) is 9.47 Å². The van der Waals surface area contributed by atoms with Crippen LogP contribution in [-0.4, -0.2) is 42.0 Å². The van der Waals surface area contributed by atoms with Crippen LogP contribution in [0.15, 0.2) is 12.7 Å². The maximum absolute atomic E-state index is 11.0. The van der Waals surface area contributed by atoms with Crippen LogP contribution >= 0.6 is 24.0 Å². The average molecular weight is 235 g/mol. The van der Waals surface area contributed by atoms with Gasteiger partial charge in [0.15, 0.2) is 0 Å². The summed E-state index contributed by atoms with van der Waals surface area (Å²) in [5.41, 5.74) is 0. The largest absolute Gasteiger partial charge is 0.462 e. The van der Waals surface area contributed by atoms with Crippen molar-refractivity contribution in [1.29, 1.82) is 0 Å². The number of rotatable bonds is 4. The minimum Gasteiger partial charge on any atom is -0.462 e. The van der Waals surface area contributed by atoms with E-state index in [2.05, 4.69) is 6.58 Å². The van der Waals surface area contributed by atoms with Crippen molar-refractivity contribution in [2.24, 2.45) is 0 Å². The molecule has 0 saturated carbocycles. The highest BCUT2D eigenvalue weighted by Crippen LogP contribution is 2.09. The Labute approximate surface area is 93.2 Å². The SMILES string of the molecule is C=CCOC(=O)SC(=S)OCN(C)C. The molecule has 0 aromatic heterocycles. The van der Waals surface area contributed by atoms with Crippen LogP contribution in [0.3, 0.4) is 0 Å². The molecular weight excluding hydrogens is 222 g/mol. The number of hydrogen-bond donors (Lipinski definition) is 0. The standard InChI is InChI=1S/C8H13NO3S2/c1-4-5-11-7(10)14-8(13)12-6-9(2)3/h4H,1,5-6H2,2-3H3. The van der Waals surface area contributed by atoms with Gasteiger partial charge in [0.05, 0.1) is 0 Å². The minimum atomic E-state index is -0.478. The molecule has 0 aliphatic heterocycles. The highest BCUT2D eigenvalue weighted by Gasteiger charge is 2.08. The third-order valence-corrected chi connectivity index (χ3v) is 1.86. The van der Waals surface area contributed by atoms with Gasteiger partial charge in [0.1, 0.15) is 13.3 Å². The number of thiocarbonyl (C=S) groups is 1. The first-order valence-corrected chi connectivity index (χ1v) is 5.05. The van der Waals surface area contributed by atoms with E-state index in [0.29, 0.717) is 6.73 Å². The summed E-state index contributed by atoms with van der Waals surface area (Å²) in [6.45, 7) is 3.94. The van der Waals surface area contributed by atoms with Gasteiger partial charge >= 0.3 is 5.30 Å². The molecule has 0 radical (unpaired) electrons. The second-order valence-corrected chi connectivity index (χ2v) is 4.09. The Morgan fingerprint density at radius 2 is 2.21 bits per heavy atom. The van der Waals surface area contributed by atoms with E-state index in [4.69, 9.17) is 21.7 Å². The second-order valence-electron chi connectivity index (χ2n) is 2.55. The third-order valence-electron chi connectivity index (χ3n) is 0.926. The molecule has 0 aromatic carbocycles. The molecule has 0 bridgehead atoms. The first-order chi connectivity index (χ1) is 6.56. The molecule has 0 heterocycles. The molecule has 14 heavy (non-hydrogen) atoms. The molecule has 80 valence electrons. The lowest BCUT2D eigenvalue weighted by Gasteiger charge is -2.10. The fourth-order valence-electron chi connectivity index (χ4n) is 0.436. The Balaban J connectivity index is 3.60. The minimum absolute atomic E-state index is 0.160. The van der Waals surface area contributed by atoms with E-state index in [0.717, 1.165) is 11.8 Å². The zero-order chi connectivity index (χ0) is 11.0. The topological polar surface area (TPSA) is 38.8 Å². The lowest BCUT2D eigenvalue weighted by Crippen LogP contribution is -2.18. The fourth-order valence-corrected chi connectivity index (χ4v) is 1.07. The van der Waals surface area contributed by atoms with Crippen molar-refractivity contribution in [3.63, 3.8) is 0 Å². The molecule has 0 rings (SSSR count). The molecule has 4 nitrogen and oxygen atoms in total. The maximum atomic E-state index is 11.0. The molecule has 0 aliphatic rings. The van der Waals surface area contributed by atoms with Crippen LogP contribution in [0, 0.1) is 0 Å².